The quantitative estimate of drug-likeness (QED) is 0.722. The van der Waals surface area contributed by atoms with Gasteiger partial charge in [-0.05, 0) is 38.2 Å². The first kappa shape index (κ1) is 21.5. The van der Waals surface area contributed by atoms with E-state index in [0.29, 0.717) is 13.1 Å². The lowest BCUT2D eigenvalue weighted by atomic mass is 9.79. The van der Waals surface area contributed by atoms with E-state index in [2.05, 4.69) is 21.8 Å². The number of rotatable bonds is 6. The fourth-order valence-corrected chi connectivity index (χ4v) is 4.53. The molecule has 1 aromatic carbocycles. The smallest absolute Gasteiger partial charge is 0.387 e. The SMILES string of the molecule is CN1CCC2(C1)CN(C(=O)Cn1cc(C(N)=O)c(-c3cc(Cl)ccc3OC(F)F)n1)C2. The van der Waals surface area contributed by atoms with Crippen LogP contribution in [-0.4, -0.2) is 71.2 Å². The number of halogens is 3. The summed E-state index contributed by atoms with van der Waals surface area (Å²) in [5.74, 6) is -1.15. The highest BCUT2D eigenvalue weighted by molar-refractivity contribution is 6.31. The number of nitrogens with zero attached hydrogens (tertiary/aromatic N) is 4. The summed E-state index contributed by atoms with van der Waals surface area (Å²) in [7, 11) is 2.07. The van der Waals surface area contributed by atoms with Crippen LogP contribution in [0.4, 0.5) is 8.78 Å². The van der Waals surface area contributed by atoms with Gasteiger partial charge in [0.2, 0.25) is 5.91 Å². The van der Waals surface area contributed by atoms with E-state index in [0.717, 1.165) is 19.5 Å². The Balaban J connectivity index is 1.56. The molecule has 2 aliphatic heterocycles. The Morgan fingerprint density at radius 3 is 2.68 bits per heavy atom. The van der Waals surface area contributed by atoms with E-state index in [-0.39, 0.29) is 45.5 Å². The van der Waals surface area contributed by atoms with Crippen molar-refractivity contribution < 1.29 is 23.1 Å². The number of aromatic nitrogens is 2. The highest BCUT2D eigenvalue weighted by atomic mass is 35.5. The van der Waals surface area contributed by atoms with Crippen molar-refractivity contribution in [1.82, 2.24) is 19.6 Å². The number of carbonyl (C=O) groups is 2. The molecule has 2 saturated heterocycles. The number of primary amides is 1. The topological polar surface area (TPSA) is 93.7 Å². The molecule has 1 aromatic heterocycles. The third-order valence-corrected chi connectivity index (χ3v) is 6.01. The van der Waals surface area contributed by atoms with Crippen molar-refractivity contribution in [1.29, 1.82) is 0 Å². The predicted octanol–water partition coefficient (Wildman–Crippen LogP) is 2.07. The van der Waals surface area contributed by atoms with Crippen LogP contribution in [0, 0.1) is 5.41 Å². The summed E-state index contributed by atoms with van der Waals surface area (Å²) in [6.45, 7) is 0.193. The first-order chi connectivity index (χ1) is 14.7. The molecular weight excluding hydrogens is 432 g/mol. The van der Waals surface area contributed by atoms with Crippen molar-refractivity contribution >= 4 is 23.4 Å². The summed E-state index contributed by atoms with van der Waals surface area (Å²) in [6, 6.07) is 4.00. The standard InChI is InChI=1S/C20H22ClF2N5O3/c1-26-5-4-20(9-26)10-27(11-20)16(29)8-28-7-14(18(24)30)17(25-28)13-6-12(21)2-3-15(13)31-19(22)23/h2-3,6-7,19H,4-5,8-11H2,1H3,(H2,24,30). The van der Waals surface area contributed by atoms with Gasteiger partial charge in [-0.25, -0.2) is 0 Å². The molecule has 8 nitrogen and oxygen atoms in total. The van der Waals surface area contributed by atoms with Crippen molar-refractivity contribution in [2.75, 3.05) is 33.2 Å². The Morgan fingerprint density at radius 2 is 2.06 bits per heavy atom. The van der Waals surface area contributed by atoms with Gasteiger partial charge in [0.05, 0.1) is 5.56 Å². The molecule has 0 unspecified atom stereocenters. The number of ether oxygens (including phenoxy) is 1. The van der Waals surface area contributed by atoms with Crippen LogP contribution in [0.1, 0.15) is 16.8 Å². The second-order valence-corrected chi connectivity index (χ2v) is 8.65. The fourth-order valence-electron chi connectivity index (χ4n) is 4.36. The van der Waals surface area contributed by atoms with Crippen LogP contribution in [0.5, 0.6) is 5.75 Å². The fraction of sp³-hybridized carbons (Fsp3) is 0.450. The summed E-state index contributed by atoms with van der Waals surface area (Å²) in [5.41, 5.74) is 5.72. The number of hydrogen-bond donors (Lipinski definition) is 1. The molecule has 11 heteroatoms. The minimum atomic E-state index is -3.08. The molecule has 1 spiro atoms. The van der Waals surface area contributed by atoms with E-state index in [1.165, 1.54) is 29.1 Å². The van der Waals surface area contributed by atoms with Crippen LogP contribution < -0.4 is 10.5 Å². The second kappa shape index (κ2) is 8.08. The Morgan fingerprint density at radius 1 is 1.32 bits per heavy atom. The van der Waals surface area contributed by atoms with E-state index in [4.69, 9.17) is 17.3 Å². The number of carbonyl (C=O) groups excluding carboxylic acids is 2. The van der Waals surface area contributed by atoms with Gasteiger partial charge in [-0.3, -0.25) is 14.3 Å². The Hall–Kier alpha value is -2.72. The van der Waals surface area contributed by atoms with E-state index in [9.17, 15) is 18.4 Å². The van der Waals surface area contributed by atoms with Crippen LogP contribution in [0.2, 0.25) is 5.02 Å². The Kier molecular flexibility index (Phi) is 5.61. The van der Waals surface area contributed by atoms with Crippen LogP contribution in [-0.2, 0) is 11.3 Å². The largest absolute Gasteiger partial charge is 0.434 e. The molecule has 0 bridgehead atoms. The molecule has 2 aromatic rings. The molecule has 31 heavy (non-hydrogen) atoms. The average molecular weight is 454 g/mol. The maximum atomic E-state index is 12.8. The van der Waals surface area contributed by atoms with Gasteiger partial charge in [-0.15, -0.1) is 0 Å². The van der Waals surface area contributed by atoms with Gasteiger partial charge in [-0.1, -0.05) is 11.6 Å². The first-order valence-electron chi connectivity index (χ1n) is 9.74. The van der Waals surface area contributed by atoms with Crippen LogP contribution in [0.15, 0.2) is 24.4 Å². The third kappa shape index (κ3) is 4.35. The maximum absolute atomic E-state index is 12.8. The van der Waals surface area contributed by atoms with Crippen molar-refractivity contribution in [3.05, 3.63) is 35.0 Å². The first-order valence-corrected chi connectivity index (χ1v) is 10.1. The predicted molar refractivity (Wildman–Crippen MR) is 109 cm³/mol. The summed E-state index contributed by atoms with van der Waals surface area (Å²) in [6.07, 6.45) is 2.40. The zero-order chi connectivity index (χ0) is 22.3. The lowest BCUT2D eigenvalue weighted by molar-refractivity contribution is -0.143. The number of alkyl halides is 2. The highest BCUT2D eigenvalue weighted by Gasteiger charge is 2.48. The van der Waals surface area contributed by atoms with E-state index in [1.54, 1.807) is 4.90 Å². The maximum Gasteiger partial charge on any atom is 0.387 e. The van der Waals surface area contributed by atoms with Gasteiger partial charge in [0.15, 0.2) is 0 Å². The van der Waals surface area contributed by atoms with Gasteiger partial charge < -0.3 is 20.3 Å². The third-order valence-electron chi connectivity index (χ3n) is 5.77. The molecule has 2 N–H and O–H groups in total. The zero-order valence-electron chi connectivity index (χ0n) is 16.9. The molecule has 0 aliphatic carbocycles. The van der Waals surface area contributed by atoms with Gasteiger partial charge in [0.1, 0.15) is 18.0 Å². The van der Waals surface area contributed by atoms with Crippen molar-refractivity contribution in [3.8, 4) is 17.0 Å². The van der Waals surface area contributed by atoms with Gasteiger partial charge in [-0.2, -0.15) is 13.9 Å². The minimum Gasteiger partial charge on any atom is -0.434 e. The summed E-state index contributed by atoms with van der Waals surface area (Å²) in [5, 5.41) is 4.51. The van der Waals surface area contributed by atoms with Gasteiger partial charge >= 0.3 is 6.61 Å². The molecule has 2 amide bonds. The molecular formula is C20H22ClF2N5O3. The molecule has 0 radical (unpaired) electrons. The second-order valence-electron chi connectivity index (χ2n) is 8.21. The lowest BCUT2D eigenvalue weighted by Crippen LogP contribution is -2.60. The lowest BCUT2D eigenvalue weighted by Gasteiger charge is -2.48. The average Bonchev–Trinajstić information content (AvgIpc) is 3.25. The van der Waals surface area contributed by atoms with E-state index < -0.39 is 12.5 Å². The highest BCUT2D eigenvalue weighted by Crippen LogP contribution is 2.39. The molecule has 4 rings (SSSR count). The summed E-state index contributed by atoms with van der Waals surface area (Å²) >= 11 is 6.01. The van der Waals surface area contributed by atoms with Crippen molar-refractivity contribution in [3.63, 3.8) is 0 Å². The molecule has 166 valence electrons. The zero-order valence-corrected chi connectivity index (χ0v) is 17.6. The monoisotopic (exact) mass is 453 g/mol. The number of likely N-dealkylation sites (tertiary alicyclic amines) is 2. The Bertz CT molecular complexity index is 1020. The molecule has 0 saturated carbocycles. The summed E-state index contributed by atoms with van der Waals surface area (Å²) < 4.78 is 31.4. The van der Waals surface area contributed by atoms with Crippen molar-refractivity contribution in [2.24, 2.45) is 11.1 Å². The van der Waals surface area contributed by atoms with Crippen LogP contribution in [0.25, 0.3) is 11.3 Å². The van der Waals surface area contributed by atoms with Gasteiger partial charge in [0, 0.05) is 41.8 Å². The van der Waals surface area contributed by atoms with E-state index in [1.807, 2.05) is 0 Å². The number of hydrogen-bond acceptors (Lipinski definition) is 5. The minimum absolute atomic E-state index is 0.0216. The van der Waals surface area contributed by atoms with E-state index >= 15 is 0 Å². The summed E-state index contributed by atoms with van der Waals surface area (Å²) in [4.78, 5) is 28.7. The van der Waals surface area contributed by atoms with Crippen LogP contribution in [0.3, 0.4) is 0 Å². The number of nitrogens with two attached hydrogens (primary N) is 1. The molecule has 2 aliphatic rings. The normalized spacial score (nSPS) is 17.9. The number of benzene rings is 1. The van der Waals surface area contributed by atoms with Gasteiger partial charge in [0.25, 0.3) is 5.91 Å². The molecule has 0 atom stereocenters. The Labute approximate surface area is 182 Å². The number of amides is 2. The van der Waals surface area contributed by atoms with Crippen molar-refractivity contribution in [2.45, 2.75) is 19.6 Å². The molecule has 2 fully saturated rings. The van der Waals surface area contributed by atoms with Crippen LogP contribution >= 0.6 is 11.6 Å². The molecule has 3 heterocycles.